The highest BCUT2D eigenvalue weighted by Crippen LogP contribution is 2.43. The number of nitrogens with zero attached hydrogens (tertiary/aromatic N) is 2. The van der Waals surface area contributed by atoms with Gasteiger partial charge in [-0.1, -0.05) is 62.4 Å². The van der Waals surface area contributed by atoms with Crippen molar-refractivity contribution >= 4 is 16.9 Å². The molecule has 4 heterocycles. The number of hydrogen-bond donors (Lipinski definition) is 0. The van der Waals surface area contributed by atoms with Gasteiger partial charge in [0.05, 0.1) is 17.5 Å². The largest absolute Gasteiger partial charge is 0.455 e. The van der Waals surface area contributed by atoms with E-state index in [1.165, 1.54) is 12.0 Å². The number of hydrogen-bond acceptors (Lipinski definition) is 4. The van der Waals surface area contributed by atoms with E-state index in [1.807, 2.05) is 37.4 Å². The number of fused-ring (bicyclic) bond motifs is 4. The average Bonchev–Trinajstić information content (AvgIpc) is 2.91. The molecule has 6 atom stereocenters. The number of rotatable bonds is 8. The zero-order valence-electron chi connectivity index (χ0n) is 21.8. The van der Waals surface area contributed by atoms with Crippen LogP contribution in [0.25, 0.3) is 10.9 Å². The first-order valence-electron chi connectivity index (χ1n) is 13.4. The molecule has 0 aliphatic carbocycles. The number of piperidine rings is 3. The Labute approximate surface area is 215 Å². The van der Waals surface area contributed by atoms with Crippen molar-refractivity contribution in [2.75, 3.05) is 13.1 Å². The van der Waals surface area contributed by atoms with Crippen LogP contribution in [-0.2, 0) is 16.0 Å². The van der Waals surface area contributed by atoms with E-state index in [4.69, 9.17) is 4.74 Å². The third kappa shape index (κ3) is 4.97. The SMILES string of the molecule is C=C[C@@H]1CN2CC[C@H]1C[C@@H]2[C@@H](OC(=O)[C@@H](C)c1ccc(CC(C)C)cc1)c1ccnc2ccccc12. The highest BCUT2D eigenvalue weighted by atomic mass is 16.5. The first-order valence-corrected chi connectivity index (χ1v) is 13.4. The molecule has 0 amide bonds. The van der Waals surface area contributed by atoms with E-state index in [0.717, 1.165) is 48.0 Å². The fourth-order valence-electron chi connectivity index (χ4n) is 6.18. The molecule has 0 N–H and O–H groups in total. The Kier molecular flexibility index (Phi) is 7.25. The van der Waals surface area contributed by atoms with Crippen LogP contribution < -0.4 is 0 Å². The first kappa shape index (κ1) is 24.7. The molecule has 3 aromatic rings. The van der Waals surface area contributed by atoms with Gasteiger partial charge in [0.15, 0.2) is 0 Å². The van der Waals surface area contributed by atoms with E-state index in [-0.39, 0.29) is 24.0 Å². The normalized spacial score (nSPS) is 25.0. The summed E-state index contributed by atoms with van der Waals surface area (Å²) in [5.41, 5.74) is 4.30. The van der Waals surface area contributed by atoms with Gasteiger partial charge in [-0.25, -0.2) is 0 Å². The van der Waals surface area contributed by atoms with Gasteiger partial charge >= 0.3 is 5.97 Å². The van der Waals surface area contributed by atoms with E-state index in [2.05, 4.69) is 66.7 Å². The van der Waals surface area contributed by atoms with Crippen LogP contribution in [0.4, 0.5) is 0 Å². The van der Waals surface area contributed by atoms with Crippen LogP contribution in [0.2, 0.25) is 0 Å². The van der Waals surface area contributed by atoms with Crippen molar-refractivity contribution in [3.8, 4) is 0 Å². The molecule has 4 nitrogen and oxygen atoms in total. The van der Waals surface area contributed by atoms with Crippen LogP contribution in [-0.4, -0.2) is 35.0 Å². The van der Waals surface area contributed by atoms with Crippen LogP contribution in [0.15, 0.2) is 73.4 Å². The number of para-hydroxylation sites is 1. The van der Waals surface area contributed by atoms with Crippen LogP contribution in [0.5, 0.6) is 0 Å². The minimum Gasteiger partial charge on any atom is -0.455 e. The lowest BCUT2D eigenvalue weighted by Gasteiger charge is -2.51. The number of pyridine rings is 1. The molecule has 3 aliphatic heterocycles. The summed E-state index contributed by atoms with van der Waals surface area (Å²) < 4.78 is 6.48. The van der Waals surface area contributed by atoms with Crippen molar-refractivity contribution in [2.45, 2.75) is 58.1 Å². The van der Waals surface area contributed by atoms with Crippen molar-refractivity contribution in [2.24, 2.45) is 17.8 Å². The average molecular weight is 483 g/mol. The molecule has 0 spiro atoms. The Morgan fingerprint density at radius 1 is 1.14 bits per heavy atom. The predicted molar refractivity (Wildman–Crippen MR) is 146 cm³/mol. The third-order valence-corrected chi connectivity index (χ3v) is 8.21. The van der Waals surface area contributed by atoms with Gasteiger partial charge in [0.2, 0.25) is 0 Å². The quantitative estimate of drug-likeness (QED) is 0.264. The van der Waals surface area contributed by atoms with E-state index < -0.39 is 0 Å². The molecule has 6 rings (SSSR count). The van der Waals surface area contributed by atoms with E-state index in [9.17, 15) is 4.79 Å². The standard InChI is InChI=1S/C32H38N2O2/c1-5-24-20-34-17-15-26(24)19-30(34)31(28-14-16-33-29-9-7-6-8-27(28)29)36-32(35)22(4)25-12-10-23(11-13-25)18-21(2)3/h5-14,16,21-22,24,26,30-31H,1,15,17-20H2,2-4H3/t22-,24+,26-,30+,31-/m0/s1. The molecule has 3 saturated heterocycles. The van der Waals surface area contributed by atoms with Crippen LogP contribution in [0.1, 0.15) is 62.3 Å². The lowest BCUT2D eigenvalue weighted by molar-refractivity contribution is -0.158. The molecule has 36 heavy (non-hydrogen) atoms. The van der Waals surface area contributed by atoms with Gasteiger partial charge in [-0.05, 0) is 73.7 Å². The maximum atomic E-state index is 13.6. The number of ether oxygens (including phenoxy) is 1. The Morgan fingerprint density at radius 3 is 2.61 bits per heavy atom. The molecule has 1 unspecified atom stereocenters. The van der Waals surface area contributed by atoms with Crippen molar-refractivity contribution in [3.63, 3.8) is 0 Å². The Bertz CT molecular complexity index is 1210. The maximum absolute atomic E-state index is 13.6. The van der Waals surface area contributed by atoms with E-state index in [0.29, 0.717) is 17.8 Å². The first-order chi connectivity index (χ1) is 17.4. The number of carbonyl (C=O) groups excluding carboxylic acids is 1. The monoisotopic (exact) mass is 482 g/mol. The summed E-state index contributed by atoms with van der Waals surface area (Å²) in [6.45, 7) is 12.5. The van der Waals surface area contributed by atoms with Gasteiger partial charge in [0.25, 0.3) is 0 Å². The lowest BCUT2D eigenvalue weighted by atomic mass is 9.73. The number of esters is 1. The van der Waals surface area contributed by atoms with Crippen molar-refractivity contribution in [1.29, 1.82) is 0 Å². The molecule has 4 heteroatoms. The summed E-state index contributed by atoms with van der Waals surface area (Å²) in [7, 11) is 0. The molecule has 1 aromatic heterocycles. The minimum atomic E-state index is -0.332. The predicted octanol–water partition coefficient (Wildman–Crippen LogP) is 6.72. The number of carbonyl (C=O) groups is 1. The fourth-order valence-corrected chi connectivity index (χ4v) is 6.18. The third-order valence-electron chi connectivity index (χ3n) is 8.21. The highest BCUT2D eigenvalue weighted by molar-refractivity contribution is 5.83. The van der Waals surface area contributed by atoms with Crippen LogP contribution in [0.3, 0.4) is 0 Å². The smallest absolute Gasteiger partial charge is 0.313 e. The molecule has 0 radical (unpaired) electrons. The van der Waals surface area contributed by atoms with Gasteiger partial charge in [-0.2, -0.15) is 0 Å². The van der Waals surface area contributed by atoms with Gasteiger partial charge in [-0.15, -0.1) is 6.58 Å². The molecule has 188 valence electrons. The van der Waals surface area contributed by atoms with Crippen LogP contribution >= 0.6 is 0 Å². The zero-order valence-corrected chi connectivity index (χ0v) is 21.8. The zero-order chi connectivity index (χ0) is 25.2. The van der Waals surface area contributed by atoms with Gasteiger partial charge in [0, 0.05) is 23.7 Å². The van der Waals surface area contributed by atoms with Gasteiger partial charge in [-0.3, -0.25) is 14.7 Å². The van der Waals surface area contributed by atoms with Crippen molar-refractivity contribution < 1.29 is 9.53 Å². The van der Waals surface area contributed by atoms with Gasteiger partial charge in [0.1, 0.15) is 6.10 Å². The molecule has 0 saturated carbocycles. The molecule has 3 aliphatic rings. The summed E-state index contributed by atoms with van der Waals surface area (Å²) in [4.78, 5) is 20.7. The second kappa shape index (κ2) is 10.6. The Balaban J connectivity index is 1.44. The van der Waals surface area contributed by atoms with E-state index >= 15 is 0 Å². The lowest BCUT2D eigenvalue weighted by Crippen LogP contribution is -2.55. The van der Waals surface area contributed by atoms with Crippen molar-refractivity contribution in [1.82, 2.24) is 9.88 Å². The second-order valence-corrected chi connectivity index (χ2v) is 11.1. The summed E-state index contributed by atoms with van der Waals surface area (Å²) in [5, 5.41) is 1.06. The summed E-state index contributed by atoms with van der Waals surface area (Å²) >= 11 is 0. The van der Waals surface area contributed by atoms with E-state index in [1.54, 1.807) is 0 Å². The molecule has 3 fully saturated rings. The summed E-state index contributed by atoms with van der Waals surface area (Å²) in [5.74, 6) is 1.23. The van der Waals surface area contributed by atoms with Gasteiger partial charge < -0.3 is 4.74 Å². The molecular weight excluding hydrogens is 444 g/mol. The molecule has 2 aromatic carbocycles. The maximum Gasteiger partial charge on any atom is 0.313 e. The van der Waals surface area contributed by atoms with Crippen molar-refractivity contribution in [3.05, 3.63) is 90.1 Å². The highest BCUT2D eigenvalue weighted by Gasteiger charge is 2.44. The molecular formula is C32H38N2O2. The Morgan fingerprint density at radius 2 is 1.92 bits per heavy atom. The number of aromatic nitrogens is 1. The minimum absolute atomic E-state index is 0.162. The van der Waals surface area contributed by atoms with Crippen LogP contribution in [0, 0.1) is 17.8 Å². The summed E-state index contributed by atoms with van der Waals surface area (Å²) in [6.07, 6.45) is 6.87. The Hall–Kier alpha value is -2.98. The second-order valence-electron chi connectivity index (χ2n) is 11.1. The fraction of sp³-hybridized carbons (Fsp3) is 0.438. The molecule has 2 bridgehead atoms. The topological polar surface area (TPSA) is 42.4 Å². The number of benzene rings is 2. The summed E-state index contributed by atoms with van der Waals surface area (Å²) in [6, 6.07) is 18.8.